The topological polar surface area (TPSA) is 41.6 Å². The molecule has 0 radical (unpaired) electrons. The summed E-state index contributed by atoms with van der Waals surface area (Å²) in [7, 11) is 0. The predicted octanol–water partition coefficient (Wildman–Crippen LogP) is 4.34. The Morgan fingerprint density at radius 2 is 1.45 bits per heavy atom. The number of nitrogens with one attached hydrogen (secondary N) is 1. The Morgan fingerprint density at radius 3 is 1.95 bits per heavy atom. The van der Waals surface area contributed by atoms with Crippen LogP contribution in [0.5, 0.6) is 0 Å². The average molecular weight is 299 g/mol. The summed E-state index contributed by atoms with van der Waals surface area (Å²) in [5.41, 5.74) is 2.46. The fourth-order valence-corrected chi connectivity index (χ4v) is 2.97. The Hall–Kier alpha value is -1.72. The molecule has 0 atom stereocenters. The van der Waals surface area contributed by atoms with Gasteiger partial charge in [0.15, 0.2) is 0 Å². The molecule has 0 saturated carbocycles. The number of rotatable bonds is 4. The van der Waals surface area contributed by atoms with E-state index in [2.05, 4.69) is 70.2 Å². The number of hydrogen-bond acceptors (Lipinski definition) is 4. The van der Waals surface area contributed by atoms with Crippen LogP contribution in [0.15, 0.2) is 69.5 Å². The summed E-state index contributed by atoms with van der Waals surface area (Å²) in [5, 5.41) is 11.3. The van der Waals surface area contributed by atoms with Crippen molar-refractivity contribution in [3.63, 3.8) is 0 Å². The van der Waals surface area contributed by atoms with Crippen molar-refractivity contribution < 1.29 is 0 Å². The summed E-state index contributed by atoms with van der Waals surface area (Å²) < 4.78 is 0. The van der Waals surface area contributed by atoms with Gasteiger partial charge >= 0.3 is 0 Å². The first-order chi connectivity index (χ1) is 9.85. The molecule has 0 spiro atoms. The standard InChI is InChI=1S/C15H13N3S2/c1-19-13-6-2-11(3-7-13)12-4-8-14(9-5-12)20-15-10-16-18-17-15/h2-10H,1H3,(H,16,17,18). The highest BCUT2D eigenvalue weighted by Crippen LogP contribution is 2.28. The monoisotopic (exact) mass is 299 g/mol. The Labute approximate surface area is 126 Å². The van der Waals surface area contributed by atoms with Crippen LogP contribution in [0.3, 0.4) is 0 Å². The molecular weight excluding hydrogens is 286 g/mol. The molecule has 20 heavy (non-hydrogen) atoms. The minimum absolute atomic E-state index is 0.877. The van der Waals surface area contributed by atoms with Gasteiger partial charge in [0.25, 0.3) is 0 Å². The van der Waals surface area contributed by atoms with Crippen molar-refractivity contribution in [3.05, 3.63) is 54.7 Å². The Bertz CT molecular complexity index is 661. The molecule has 3 rings (SSSR count). The van der Waals surface area contributed by atoms with Crippen molar-refractivity contribution in [1.29, 1.82) is 0 Å². The molecule has 0 aliphatic carbocycles. The number of thioether (sulfide) groups is 1. The Morgan fingerprint density at radius 1 is 0.850 bits per heavy atom. The van der Waals surface area contributed by atoms with Gasteiger partial charge in [0.2, 0.25) is 0 Å². The summed E-state index contributed by atoms with van der Waals surface area (Å²) in [6.45, 7) is 0. The molecule has 3 aromatic rings. The fourth-order valence-electron chi connectivity index (χ4n) is 1.86. The zero-order valence-corrected chi connectivity index (χ0v) is 12.5. The molecule has 5 heteroatoms. The smallest absolute Gasteiger partial charge is 0.143 e. The fraction of sp³-hybridized carbons (Fsp3) is 0.0667. The van der Waals surface area contributed by atoms with E-state index in [1.807, 2.05) is 0 Å². The van der Waals surface area contributed by atoms with E-state index in [9.17, 15) is 0 Å². The van der Waals surface area contributed by atoms with E-state index in [-0.39, 0.29) is 0 Å². The lowest BCUT2D eigenvalue weighted by molar-refractivity contribution is 0.911. The van der Waals surface area contributed by atoms with Crippen molar-refractivity contribution in [1.82, 2.24) is 15.4 Å². The van der Waals surface area contributed by atoms with Gasteiger partial charge in [-0.3, -0.25) is 0 Å². The van der Waals surface area contributed by atoms with Crippen LogP contribution in [0.2, 0.25) is 0 Å². The second kappa shape index (κ2) is 6.15. The number of nitrogens with zero attached hydrogens (tertiary/aromatic N) is 2. The van der Waals surface area contributed by atoms with Gasteiger partial charge in [0.05, 0.1) is 6.20 Å². The number of aromatic nitrogens is 3. The molecule has 1 N–H and O–H groups in total. The van der Waals surface area contributed by atoms with Crippen molar-refractivity contribution in [3.8, 4) is 11.1 Å². The summed E-state index contributed by atoms with van der Waals surface area (Å²) >= 11 is 3.35. The lowest BCUT2D eigenvalue weighted by Gasteiger charge is -2.04. The molecule has 0 aliphatic heterocycles. The maximum atomic E-state index is 4.04. The van der Waals surface area contributed by atoms with Crippen LogP contribution in [-0.4, -0.2) is 21.7 Å². The van der Waals surface area contributed by atoms with Crippen molar-refractivity contribution >= 4 is 23.5 Å². The summed E-state index contributed by atoms with van der Waals surface area (Å²) in [4.78, 5) is 2.44. The molecule has 0 bridgehead atoms. The number of aromatic amines is 1. The lowest BCUT2D eigenvalue weighted by atomic mass is 10.1. The third-order valence-electron chi connectivity index (χ3n) is 2.89. The minimum Gasteiger partial charge on any atom is -0.197 e. The lowest BCUT2D eigenvalue weighted by Crippen LogP contribution is -1.79. The van der Waals surface area contributed by atoms with Gasteiger partial charge in [0.1, 0.15) is 5.03 Å². The largest absolute Gasteiger partial charge is 0.197 e. The van der Waals surface area contributed by atoms with Crippen LogP contribution in [0, 0.1) is 0 Å². The molecule has 0 saturated heterocycles. The van der Waals surface area contributed by atoms with E-state index in [0.717, 1.165) is 9.92 Å². The van der Waals surface area contributed by atoms with Crippen molar-refractivity contribution in [2.45, 2.75) is 14.8 Å². The molecule has 2 aromatic carbocycles. The highest BCUT2D eigenvalue weighted by molar-refractivity contribution is 7.99. The van der Waals surface area contributed by atoms with E-state index < -0.39 is 0 Å². The quantitative estimate of drug-likeness (QED) is 0.727. The van der Waals surface area contributed by atoms with Crippen LogP contribution in [0.25, 0.3) is 11.1 Å². The zero-order valence-electron chi connectivity index (χ0n) is 10.9. The Kier molecular flexibility index (Phi) is 4.08. The van der Waals surface area contributed by atoms with Gasteiger partial charge in [-0.05, 0) is 41.6 Å². The molecule has 0 fully saturated rings. The first kappa shape index (κ1) is 13.3. The molecule has 0 unspecified atom stereocenters. The van der Waals surface area contributed by atoms with E-state index >= 15 is 0 Å². The van der Waals surface area contributed by atoms with Gasteiger partial charge < -0.3 is 0 Å². The average Bonchev–Trinajstić information content (AvgIpc) is 3.01. The third kappa shape index (κ3) is 3.05. The number of benzene rings is 2. The number of H-pyrrole nitrogens is 1. The molecule has 100 valence electrons. The summed E-state index contributed by atoms with van der Waals surface area (Å²) in [6, 6.07) is 17.1. The molecule has 0 aliphatic rings. The SMILES string of the molecule is CSc1ccc(-c2ccc(Sc3cn[nH]n3)cc2)cc1. The molecular formula is C15H13N3S2. The van der Waals surface area contributed by atoms with Crippen molar-refractivity contribution in [2.75, 3.05) is 6.26 Å². The Balaban J connectivity index is 1.78. The number of hydrogen-bond donors (Lipinski definition) is 1. The predicted molar refractivity (Wildman–Crippen MR) is 84.2 cm³/mol. The van der Waals surface area contributed by atoms with E-state index in [4.69, 9.17) is 0 Å². The maximum absolute atomic E-state index is 4.04. The normalized spacial score (nSPS) is 10.7. The van der Waals surface area contributed by atoms with Crippen LogP contribution < -0.4 is 0 Å². The van der Waals surface area contributed by atoms with Crippen LogP contribution >= 0.6 is 23.5 Å². The highest BCUT2D eigenvalue weighted by Gasteiger charge is 2.02. The molecule has 3 nitrogen and oxygen atoms in total. The first-order valence-corrected chi connectivity index (χ1v) is 8.17. The second-order valence-electron chi connectivity index (χ2n) is 4.16. The van der Waals surface area contributed by atoms with Gasteiger partial charge in [0, 0.05) is 9.79 Å². The first-order valence-electron chi connectivity index (χ1n) is 6.13. The van der Waals surface area contributed by atoms with Gasteiger partial charge in [-0.1, -0.05) is 36.0 Å². The van der Waals surface area contributed by atoms with Crippen LogP contribution in [-0.2, 0) is 0 Å². The minimum atomic E-state index is 0.877. The van der Waals surface area contributed by atoms with E-state index in [0.29, 0.717) is 0 Å². The molecule has 1 aromatic heterocycles. The summed E-state index contributed by atoms with van der Waals surface area (Å²) in [6.07, 6.45) is 3.81. The van der Waals surface area contributed by atoms with Crippen LogP contribution in [0.4, 0.5) is 0 Å². The zero-order chi connectivity index (χ0) is 13.8. The highest BCUT2D eigenvalue weighted by atomic mass is 32.2. The van der Waals surface area contributed by atoms with E-state index in [1.54, 1.807) is 29.7 Å². The molecule has 0 amide bonds. The van der Waals surface area contributed by atoms with Gasteiger partial charge in [-0.15, -0.1) is 16.9 Å². The van der Waals surface area contributed by atoms with Crippen molar-refractivity contribution in [2.24, 2.45) is 0 Å². The molecule has 1 heterocycles. The van der Waals surface area contributed by atoms with Gasteiger partial charge in [-0.25, -0.2) is 0 Å². The second-order valence-corrected chi connectivity index (χ2v) is 6.14. The van der Waals surface area contributed by atoms with E-state index in [1.165, 1.54) is 16.0 Å². The maximum Gasteiger partial charge on any atom is 0.143 e. The third-order valence-corrected chi connectivity index (χ3v) is 4.55. The summed E-state index contributed by atoms with van der Waals surface area (Å²) in [5.74, 6) is 0. The van der Waals surface area contributed by atoms with Crippen LogP contribution in [0.1, 0.15) is 0 Å². The van der Waals surface area contributed by atoms with Gasteiger partial charge in [-0.2, -0.15) is 10.3 Å².